The summed E-state index contributed by atoms with van der Waals surface area (Å²) in [5, 5.41) is 2.85. The van der Waals surface area contributed by atoms with Crippen molar-refractivity contribution in [2.24, 2.45) is 0 Å². The van der Waals surface area contributed by atoms with Crippen molar-refractivity contribution in [2.75, 3.05) is 32.2 Å². The van der Waals surface area contributed by atoms with E-state index < -0.39 is 0 Å². The highest BCUT2D eigenvalue weighted by molar-refractivity contribution is 5.94. The summed E-state index contributed by atoms with van der Waals surface area (Å²) in [5.74, 6) is 0.953. The molecule has 5 nitrogen and oxygen atoms in total. The fraction of sp³-hybridized carbons (Fsp3) is 0.250. The molecule has 0 aliphatic carbocycles. The number of anilines is 1. The molecule has 5 heteroatoms. The van der Waals surface area contributed by atoms with E-state index in [0.29, 0.717) is 18.7 Å². The van der Waals surface area contributed by atoms with Crippen molar-refractivity contribution in [3.8, 4) is 0 Å². The second-order valence-electron chi connectivity index (χ2n) is 5.99. The summed E-state index contributed by atoms with van der Waals surface area (Å²) in [7, 11) is 3.67. The molecule has 1 N–H and O–H groups in total. The van der Waals surface area contributed by atoms with Crippen LogP contribution in [0.3, 0.4) is 0 Å². The number of hydrogen-bond donors (Lipinski definition) is 1. The molecule has 0 atom stereocenters. The minimum absolute atomic E-state index is 0.0932. The molecule has 0 fully saturated rings. The number of fused-ring (bicyclic) bond motifs is 1. The molecular formula is C20H23N3O2. The number of ether oxygens (including phenoxy) is 1. The molecule has 2 aromatic heterocycles. The summed E-state index contributed by atoms with van der Waals surface area (Å²) in [5.41, 5.74) is 2.94. The van der Waals surface area contributed by atoms with Crippen LogP contribution in [0.2, 0.25) is 0 Å². The zero-order valence-corrected chi connectivity index (χ0v) is 14.6. The monoisotopic (exact) mass is 337 g/mol. The molecule has 3 aromatic rings. The molecule has 2 heterocycles. The van der Waals surface area contributed by atoms with E-state index in [2.05, 4.69) is 41.5 Å². The van der Waals surface area contributed by atoms with Gasteiger partial charge in [0, 0.05) is 39.0 Å². The number of rotatable bonds is 7. The van der Waals surface area contributed by atoms with Gasteiger partial charge in [0.05, 0.1) is 12.2 Å². The maximum absolute atomic E-state index is 12.3. The third kappa shape index (κ3) is 4.00. The van der Waals surface area contributed by atoms with Gasteiger partial charge in [-0.2, -0.15) is 0 Å². The molecule has 3 rings (SSSR count). The Labute approximate surface area is 147 Å². The van der Waals surface area contributed by atoms with Crippen LogP contribution in [0.25, 0.3) is 5.52 Å². The maximum atomic E-state index is 12.3. The Balaban J connectivity index is 1.81. The van der Waals surface area contributed by atoms with Crippen LogP contribution >= 0.6 is 0 Å². The van der Waals surface area contributed by atoms with Gasteiger partial charge in [-0.15, -0.1) is 0 Å². The summed E-state index contributed by atoms with van der Waals surface area (Å²) in [4.78, 5) is 14.4. The van der Waals surface area contributed by atoms with Gasteiger partial charge in [0.1, 0.15) is 5.82 Å². The summed E-state index contributed by atoms with van der Waals surface area (Å²) in [6.45, 7) is 1.81. The molecular weight excluding hydrogens is 314 g/mol. The topological polar surface area (TPSA) is 46.0 Å². The van der Waals surface area contributed by atoms with Crippen molar-refractivity contribution in [3.05, 3.63) is 71.9 Å². The Morgan fingerprint density at radius 2 is 1.88 bits per heavy atom. The molecule has 0 bridgehead atoms. The van der Waals surface area contributed by atoms with E-state index in [9.17, 15) is 4.79 Å². The van der Waals surface area contributed by atoms with Gasteiger partial charge in [-0.05, 0) is 29.8 Å². The third-order valence-corrected chi connectivity index (χ3v) is 4.14. The molecule has 0 radical (unpaired) electrons. The number of hydrogen-bond acceptors (Lipinski definition) is 3. The molecule has 0 unspecified atom stereocenters. The fourth-order valence-electron chi connectivity index (χ4n) is 2.84. The van der Waals surface area contributed by atoms with Gasteiger partial charge in [-0.3, -0.25) is 4.79 Å². The number of methoxy groups -OCH3 is 1. The number of nitrogens with one attached hydrogen (secondary N) is 1. The Kier molecular flexibility index (Phi) is 5.36. The highest BCUT2D eigenvalue weighted by Crippen LogP contribution is 2.21. The molecule has 0 saturated carbocycles. The molecule has 0 aliphatic rings. The summed E-state index contributed by atoms with van der Waals surface area (Å²) >= 11 is 0. The highest BCUT2D eigenvalue weighted by atomic mass is 16.5. The minimum atomic E-state index is -0.0932. The van der Waals surface area contributed by atoms with Crippen LogP contribution in [-0.4, -0.2) is 37.6 Å². The highest BCUT2D eigenvalue weighted by Gasteiger charge is 2.11. The normalized spacial score (nSPS) is 10.8. The molecule has 1 amide bonds. The van der Waals surface area contributed by atoms with Crippen molar-refractivity contribution >= 4 is 17.2 Å². The number of nitrogens with zero attached hydrogens (tertiary/aromatic N) is 2. The van der Waals surface area contributed by atoms with Gasteiger partial charge in [0.2, 0.25) is 0 Å². The van der Waals surface area contributed by atoms with Crippen molar-refractivity contribution in [1.82, 2.24) is 9.72 Å². The number of pyridine rings is 1. The number of carbonyl (C=O) groups is 1. The molecule has 0 spiro atoms. The SMILES string of the molecule is COCCNC(=O)c1ccc2ccc(N(C)Cc3ccccc3)n2c1. The van der Waals surface area contributed by atoms with E-state index in [-0.39, 0.29) is 5.91 Å². The zero-order chi connectivity index (χ0) is 17.6. The lowest BCUT2D eigenvalue weighted by molar-refractivity contribution is 0.0936. The van der Waals surface area contributed by atoms with Crippen LogP contribution in [0.1, 0.15) is 15.9 Å². The first-order valence-electron chi connectivity index (χ1n) is 8.32. The van der Waals surface area contributed by atoms with Crippen LogP contribution in [0.5, 0.6) is 0 Å². The Morgan fingerprint density at radius 3 is 2.64 bits per heavy atom. The predicted molar refractivity (Wildman–Crippen MR) is 100 cm³/mol. The van der Waals surface area contributed by atoms with Crippen molar-refractivity contribution in [2.45, 2.75) is 6.54 Å². The van der Waals surface area contributed by atoms with E-state index in [1.807, 2.05) is 40.9 Å². The van der Waals surface area contributed by atoms with Gasteiger partial charge < -0.3 is 19.4 Å². The largest absolute Gasteiger partial charge is 0.383 e. The van der Waals surface area contributed by atoms with E-state index >= 15 is 0 Å². The van der Waals surface area contributed by atoms with Gasteiger partial charge in [-0.25, -0.2) is 0 Å². The predicted octanol–water partition coefficient (Wildman–Crippen LogP) is 2.95. The second-order valence-corrected chi connectivity index (χ2v) is 5.99. The summed E-state index contributed by atoms with van der Waals surface area (Å²) in [6.07, 6.45) is 1.88. The van der Waals surface area contributed by atoms with Crippen LogP contribution < -0.4 is 10.2 Å². The quantitative estimate of drug-likeness (QED) is 0.674. The second kappa shape index (κ2) is 7.85. The lowest BCUT2D eigenvalue weighted by atomic mass is 10.2. The standard InChI is InChI=1S/C20H23N3O2/c1-22(14-16-6-4-3-5-7-16)19-11-10-18-9-8-17(15-23(18)19)20(24)21-12-13-25-2/h3-11,15H,12-14H2,1-2H3,(H,21,24). The Bertz CT molecular complexity index is 843. The third-order valence-electron chi connectivity index (χ3n) is 4.14. The summed E-state index contributed by atoms with van der Waals surface area (Å²) in [6, 6.07) is 18.3. The van der Waals surface area contributed by atoms with E-state index in [4.69, 9.17) is 4.74 Å². The van der Waals surface area contributed by atoms with E-state index in [1.165, 1.54) is 5.56 Å². The average Bonchev–Trinajstić information content (AvgIpc) is 3.06. The van der Waals surface area contributed by atoms with Crippen LogP contribution in [0.4, 0.5) is 5.82 Å². The zero-order valence-electron chi connectivity index (χ0n) is 14.6. The molecule has 0 aliphatic heterocycles. The van der Waals surface area contributed by atoms with Crippen LogP contribution in [0.15, 0.2) is 60.8 Å². The van der Waals surface area contributed by atoms with Crippen LogP contribution in [-0.2, 0) is 11.3 Å². The Morgan fingerprint density at radius 1 is 1.12 bits per heavy atom. The first kappa shape index (κ1) is 17.0. The minimum Gasteiger partial charge on any atom is -0.383 e. The molecule has 0 saturated heterocycles. The number of aromatic nitrogens is 1. The van der Waals surface area contributed by atoms with Gasteiger partial charge in [-0.1, -0.05) is 30.3 Å². The lowest BCUT2D eigenvalue weighted by Crippen LogP contribution is -2.27. The lowest BCUT2D eigenvalue weighted by Gasteiger charge is -2.19. The smallest absolute Gasteiger partial charge is 0.252 e. The average molecular weight is 337 g/mol. The van der Waals surface area contributed by atoms with Crippen LogP contribution in [0, 0.1) is 0 Å². The number of amides is 1. The van der Waals surface area contributed by atoms with E-state index in [1.54, 1.807) is 7.11 Å². The van der Waals surface area contributed by atoms with Crippen molar-refractivity contribution < 1.29 is 9.53 Å². The molecule has 25 heavy (non-hydrogen) atoms. The van der Waals surface area contributed by atoms with Gasteiger partial charge >= 0.3 is 0 Å². The first-order chi connectivity index (χ1) is 12.2. The van der Waals surface area contributed by atoms with Crippen molar-refractivity contribution in [3.63, 3.8) is 0 Å². The fourth-order valence-corrected chi connectivity index (χ4v) is 2.84. The van der Waals surface area contributed by atoms with Gasteiger partial charge in [0.25, 0.3) is 5.91 Å². The van der Waals surface area contributed by atoms with Gasteiger partial charge in [0.15, 0.2) is 0 Å². The first-order valence-corrected chi connectivity index (χ1v) is 8.32. The molecule has 1 aromatic carbocycles. The number of carbonyl (C=O) groups excluding carboxylic acids is 1. The maximum Gasteiger partial charge on any atom is 0.252 e. The summed E-state index contributed by atoms with van der Waals surface area (Å²) < 4.78 is 7.02. The van der Waals surface area contributed by atoms with E-state index in [0.717, 1.165) is 17.9 Å². The molecule has 130 valence electrons. The van der Waals surface area contributed by atoms with Crippen molar-refractivity contribution in [1.29, 1.82) is 0 Å². The Hall–Kier alpha value is -2.79. The number of benzene rings is 1.